The van der Waals surface area contributed by atoms with Gasteiger partial charge in [0, 0.05) is 6.20 Å². The van der Waals surface area contributed by atoms with Gasteiger partial charge < -0.3 is 5.11 Å². The number of hydrogen-bond donors (Lipinski definition) is 1. The van der Waals surface area contributed by atoms with E-state index in [1.165, 1.54) is 5.56 Å². The third-order valence-corrected chi connectivity index (χ3v) is 4.18. The summed E-state index contributed by atoms with van der Waals surface area (Å²) in [4.78, 5) is 12.0. The Morgan fingerprint density at radius 2 is 2.05 bits per heavy atom. The molecular formula is C16H14N2O2S. The Labute approximate surface area is 126 Å². The molecule has 3 rings (SSSR count). The number of thiophene rings is 1. The second-order valence-electron chi connectivity index (χ2n) is 4.63. The highest BCUT2D eigenvalue weighted by Crippen LogP contribution is 2.28. The fourth-order valence-corrected chi connectivity index (χ4v) is 2.92. The van der Waals surface area contributed by atoms with Gasteiger partial charge in [-0.2, -0.15) is 5.10 Å². The molecule has 0 unspecified atom stereocenters. The lowest BCUT2D eigenvalue weighted by Crippen LogP contribution is -1.98. The van der Waals surface area contributed by atoms with Crippen LogP contribution in [-0.2, 0) is 6.42 Å². The highest BCUT2D eigenvalue weighted by molar-refractivity contribution is 7.13. The van der Waals surface area contributed by atoms with Crippen LogP contribution in [0.2, 0.25) is 0 Å². The lowest BCUT2D eigenvalue weighted by Gasteiger charge is -2.01. The first-order chi connectivity index (χ1) is 10.2. The Balaban J connectivity index is 2.01. The first-order valence-electron chi connectivity index (χ1n) is 6.65. The molecule has 3 aromatic rings. The maximum absolute atomic E-state index is 10.9. The van der Waals surface area contributed by atoms with E-state index in [1.54, 1.807) is 40.3 Å². The molecule has 0 saturated carbocycles. The fourth-order valence-electron chi connectivity index (χ4n) is 2.18. The minimum atomic E-state index is -0.921. The third kappa shape index (κ3) is 2.60. The van der Waals surface area contributed by atoms with E-state index in [1.807, 2.05) is 17.6 Å². The number of aromatic nitrogens is 2. The normalized spacial score (nSPS) is 10.7. The van der Waals surface area contributed by atoms with E-state index in [9.17, 15) is 4.79 Å². The Hall–Kier alpha value is -2.40. The Morgan fingerprint density at radius 3 is 2.62 bits per heavy atom. The number of carbonyl (C=O) groups is 1. The van der Waals surface area contributed by atoms with Crippen LogP contribution < -0.4 is 0 Å². The molecule has 1 N–H and O–H groups in total. The molecule has 0 amide bonds. The summed E-state index contributed by atoms with van der Waals surface area (Å²) in [7, 11) is 0. The molecule has 0 bridgehead atoms. The summed E-state index contributed by atoms with van der Waals surface area (Å²) in [6, 6.07) is 10.8. The number of benzene rings is 1. The van der Waals surface area contributed by atoms with E-state index in [0.717, 1.165) is 22.7 Å². The standard InChI is InChI=1S/C16H14N2O2S/c1-2-11-10-18(17-15(11)14-4-3-9-21-14)13-7-5-12(6-8-13)16(19)20/h3-10H,2H2,1H3,(H,19,20). The zero-order valence-corrected chi connectivity index (χ0v) is 12.3. The maximum atomic E-state index is 10.9. The highest BCUT2D eigenvalue weighted by Gasteiger charge is 2.12. The minimum Gasteiger partial charge on any atom is -0.478 e. The van der Waals surface area contributed by atoms with Crippen molar-refractivity contribution >= 4 is 17.3 Å². The topological polar surface area (TPSA) is 55.1 Å². The number of aromatic carboxylic acids is 1. The molecule has 4 nitrogen and oxygen atoms in total. The van der Waals surface area contributed by atoms with Crippen LogP contribution in [0, 0.1) is 0 Å². The summed E-state index contributed by atoms with van der Waals surface area (Å²) in [5, 5.41) is 15.6. The molecule has 106 valence electrons. The molecule has 21 heavy (non-hydrogen) atoms. The van der Waals surface area contributed by atoms with Crippen molar-refractivity contribution in [3.05, 3.63) is 59.1 Å². The molecule has 0 aliphatic carbocycles. The Kier molecular flexibility index (Phi) is 3.58. The van der Waals surface area contributed by atoms with Gasteiger partial charge in [-0.3, -0.25) is 0 Å². The van der Waals surface area contributed by atoms with Gasteiger partial charge in [0.15, 0.2) is 0 Å². The van der Waals surface area contributed by atoms with E-state index in [-0.39, 0.29) is 5.56 Å². The molecule has 0 aliphatic rings. The van der Waals surface area contributed by atoms with E-state index < -0.39 is 5.97 Å². The first-order valence-corrected chi connectivity index (χ1v) is 7.53. The van der Waals surface area contributed by atoms with Crippen molar-refractivity contribution in [2.24, 2.45) is 0 Å². The van der Waals surface area contributed by atoms with Gasteiger partial charge in [-0.15, -0.1) is 11.3 Å². The smallest absolute Gasteiger partial charge is 0.335 e. The van der Waals surface area contributed by atoms with Gasteiger partial charge in [-0.25, -0.2) is 9.48 Å². The van der Waals surface area contributed by atoms with E-state index in [0.29, 0.717) is 0 Å². The molecule has 2 aromatic heterocycles. The molecule has 0 radical (unpaired) electrons. The van der Waals surface area contributed by atoms with Crippen LogP contribution in [0.3, 0.4) is 0 Å². The van der Waals surface area contributed by atoms with Crippen LogP contribution in [0.25, 0.3) is 16.3 Å². The molecule has 0 fully saturated rings. The van der Waals surface area contributed by atoms with Gasteiger partial charge in [0.25, 0.3) is 0 Å². The lowest BCUT2D eigenvalue weighted by atomic mass is 10.2. The van der Waals surface area contributed by atoms with Crippen LogP contribution in [0.5, 0.6) is 0 Å². The monoisotopic (exact) mass is 298 g/mol. The van der Waals surface area contributed by atoms with E-state index >= 15 is 0 Å². The number of carboxylic acid groups (broad SMARTS) is 1. The summed E-state index contributed by atoms with van der Waals surface area (Å²) >= 11 is 1.67. The summed E-state index contributed by atoms with van der Waals surface area (Å²) in [6.45, 7) is 2.10. The van der Waals surface area contributed by atoms with Crippen LogP contribution in [0.1, 0.15) is 22.8 Å². The molecule has 0 atom stereocenters. The van der Waals surface area contributed by atoms with Gasteiger partial charge in [-0.1, -0.05) is 13.0 Å². The molecule has 0 saturated heterocycles. The van der Waals surface area contributed by atoms with Crippen molar-refractivity contribution in [1.29, 1.82) is 0 Å². The molecule has 5 heteroatoms. The number of carboxylic acids is 1. The molecule has 0 aliphatic heterocycles. The molecule has 1 aromatic carbocycles. The molecule has 0 spiro atoms. The predicted molar refractivity (Wildman–Crippen MR) is 83.2 cm³/mol. The van der Waals surface area contributed by atoms with Crippen LogP contribution in [0.15, 0.2) is 48.0 Å². The lowest BCUT2D eigenvalue weighted by molar-refractivity contribution is 0.0697. The zero-order chi connectivity index (χ0) is 14.8. The van der Waals surface area contributed by atoms with Gasteiger partial charge in [-0.05, 0) is 47.7 Å². The van der Waals surface area contributed by atoms with Crippen molar-refractivity contribution in [3.8, 4) is 16.3 Å². The average molecular weight is 298 g/mol. The van der Waals surface area contributed by atoms with Crippen LogP contribution in [0.4, 0.5) is 0 Å². The molecule has 2 heterocycles. The third-order valence-electron chi connectivity index (χ3n) is 3.30. The van der Waals surface area contributed by atoms with Crippen molar-refractivity contribution in [2.75, 3.05) is 0 Å². The van der Waals surface area contributed by atoms with Crippen molar-refractivity contribution in [3.63, 3.8) is 0 Å². The average Bonchev–Trinajstić information content (AvgIpc) is 3.16. The second kappa shape index (κ2) is 5.54. The Morgan fingerprint density at radius 1 is 1.29 bits per heavy atom. The number of hydrogen-bond acceptors (Lipinski definition) is 3. The fraction of sp³-hybridized carbons (Fsp3) is 0.125. The minimum absolute atomic E-state index is 0.278. The van der Waals surface area contributed by atoms with Gasteiger partial charge in [0.1, 0.15) is 5.69 Å². The molecular weight excluding hydrogens is 284 g/mol. The van der Waals surface area contributed by atoms with E-state index in [4.69, 9.17) is 5.11 Å². The van der Waals surface area contributed by atoms with Crippen LogP contribution >= 0.6 is 11.3 Å². The van der Waals surface area contributed by atoms with Crippen molar-refractivity contribution in [1.82, 2.24) is 9.78 Å². The Bertz CT molecular complexity index is 758. The largest absolute Gasteiger partial charge is 0.478 e. The van der Waals surface area contributed by atoms with Crippen molar-refractivity contribution < 1.29 is 9.90 Å². The summed E-state index contributed by atoms with van der Waals surface area (Å²) < 4.78 is 1.81. The summed E-state index contributed by atoms with van der Waals surface area (Å²) in [6.07, 6.45) is 2.91. The van der Waals surface area contributed by atoms with Gasteiger partial charge >= 0.3 is 5.97 Å². The number of aryl methyl sites for hydroxylation is 1. The number of rotatable bonds is 4. The van der Waals surface area contributed by atoms with Crippen molar-refractivity contribution in [2.45, 2.75) is 13.3 Å². The second-order valence-corrected chi connectivity index (χ2v) is 5.58. The summed E-state index contributed by atoms with van der Waals surface area (Å²) in [5.74, 6) is -0.921. The first kappa shape index (κ1) is 13.6. The van der Waals surface area contributed by atoms with Gasteiger partial charge in [0.05, 0.1) is 16.1 Å². The predicted octanol–water partition coefficient (Wildman–Crippen LogP) is 3.86. The highest BCUT2D eigenvalue weighted by atomic mass is 32.1. The van der Waals surface area contributed by atoms with E-state index in [2.05, 4.69) is 18.1 Å². The van der Waals surface area contributed by atoms with Crippen LogP contribution in [-0.4, -0.2) is 20.9 Å². The zero-order valence-electron chi connectivity index (χ0n) is 11.5. The maximum Gasteiger partial charge on any atom is 0.335 e. The SMILES string of the molecule is CCc1cn(-c2ccc(C(=O)O)cc2)nc1-c1cccs1. The summed E-state index contributed by atoms with van der Waals surface area (Å²) in [5.41, 5.74) is 3.31. The van der Waals surface area contributed by atoms with Gasteiger partial charge in [0.2, 0.25) is 0 Å². The quantitative estimate of drug-likeness (QED) is 0.795. The number of nitrogens with zero attached hydrogens (tertiary/aromatic N) is 2.